The molecule has 218 valence electrons. The quantitative estimate of drug-likeness (QED) is 0.132. The highest BCUT2D eigenvalue weighted by Gasteiger charge is 2.21. The number of nitrogens with zero attached hydrogens (tertiary/aromatic N) is 3. The van der Waals surface area contributed by atoms with Gasteiger partial charge in [0.05, 0.1) is 27.8 Å². The number of hydrogen-bond acceptors (Lipinski definition) is 13. The van der Waals surface area contributed by atoms with Gasteiger partial charge in [0.1, 0.15) is 10.7 Å². The maximum absolute atomic E-state index is 12.7. The summed E-state index contributed by atoms with van der Waals surface area (Å²) in [5, 5.41) is 10.8. The number of aryl methyl sites for hydroxylation is 2. The molecule has 5 rings (SSSR count). The van der Waals surface area contributed by atoms with Crippen molar-refractivity contribution >= 4 is 63.1 Å². The van der Waals surface area contributed by atoms with Crippen LogP contribution in [-0.2, 0) is 11.2 Å². The minimum Gasteiger partial charge on any atom is -0.493 e. The van der Waals surface area contributed by atoms with Gasteiger partial charge in [-0.3, -0.25) is 4.79 Å². The van der Waals surface area contributed by atoms with E-state index in [2.05, 4.69) is 30.7 Å². The first-order chi connectivity index (χ1) is 20.2. The minimum absolute atomic E-state index is 0.156. The molecule has 42 heavy (non-hydrogen) atoms. The van der Waals surface area contributed by atoms with Gasteiger partial charge in [-0.25, -0.2) is 4.98 Å². The highest BCUT2D eigenvalue weighted by Crippen LogP contribution is 2.42. The average Bonchev–Trinajstić information content (AvgIpc) is 3.67. The molecule has 3 aromatic heterocycles. The summed E-state index contributed by atoms with van der Waals surface area (Å²) in [6, 6.07) is 9.03. The molecule has 5 N–H and O–H groups in total. The van der Waals surface area contributed by atoms with Crippen molar-refractivity contribution in [2.24, 2.45) is 0 Å². The monoisotopic (exact) mass is 625 g/mol. The molecule has 15 heteroatoms. The van der Waals surface area contributed by atoms with E-state index in [1.807, 2.05) is 26.0 Å². The number of carbonyl (C=O) groups is 1. The van der Waals surface area contributed by atoms with Crippen LogP contribution in [0.1, 0.15) is 16.1 Å². The average molecular weight is 626 g/mol. The van der Waals surface area contributed by atoms with Crippen LogP contribution in [0.25, 0.3) is 22.2 Å². The van der Waals surface area contributed by atoms with Crippen molar-refractivity contribution in [3.63, 3.8) is 0 Å². The summed E-state index contributed by atoms with van der Waals surface area (Å²) < 4.78 is 22.4. The lowest BCUT2D eigenvalue weighted by molar-refractivity contribution is -0.115. The highest BCUT2D eigenvalue weighted by atomic mass is 32.1. The Balaban J connectivity index is 1.35. The van der Waals surface area contributed by atoms with Gasteiger partial charge in [-0.1, -0.05) is 22.6 Å². The van der Waals surface area contributed by atoms with E-state index < -0.39 is 0 Å². The van der Waals surface area contributed by atoms with E-state index >= 15 is 0 Å². The maximum Gasteiger partial charge on any atom is 0.272 e. The SMILES string of the molecule is COc1cc(Nc2nc(N)c(-c3nc(-c4cc(NC(=O)Cc5sc(=S)[nH]c5C)ccc4C)no3)s2)cc(OC)c1OC. The largest absolute Gasteiger partial charge is 0.493 e. The van der Waals surface area contributed by atoms with Crippen molar-refractivity contribution in [2.45, 2.75) is 20.3 Å². The smallest absolute Gasteiger partial charge is 0.272 e. The maximum atomic E-state index is 12.7. The van der Waals surface area contributed by atoms with Crippen LogP contribution in [0.15, 0.2) is 34.9 Å². The third-order valence-corrected chi connectivity index (χ3v) is 8.51. The summed E-state index contributed by atoms with van der Waals surface area (Å²) in [6.07, 6.45) is 0.219. The van der Waals surface area contributed by atoms with Crippen molar-refractivity contribution in [3.05, 3.63) is 50.4 Å². The van der Waals surface area contributed by atoms with E-state index in [9.17, 15) is 4.79 Å². The molecule has 3 heterocycles. The Kier molecular flexibility index (Phi) is 8.42. The number of H-pyrrole nitrogens is 1. The van der Waals surface area contributed by atoms with Crippen LogP contribution in [0.3, 0.4) is 0 Å². The van der Waals surface area contributed by atoms with Gasteiger partial charge in [-0.05, 0) is 43.8 Å². The first kappa shape index (κ1) is 29.0. The number of rotatable bonds is 10. The number of aromatic amines is 1. The number of aromatic nitrogens is 4. The van der Waals surface area contributed by atoms with Gasteiger partial charge in [0.15, 0.2) is 20.6 Å². The number of anilines is 4. The molecule has 0 fully saturated rings. The molecule has 0 atom stereocenters. The number of nitrogen functional groups attached to an aromatic ring is 1. The van der Waals surface area contributed by atoms with Gasteiger partial charge in [0.25, 0.3) is 5.89 Å². The second-order valence-corrected chi connectivity index (χ2v) is 11.8. The normalized spacial score (nSPS) is 10.9. The zero-order valence-corrected chi connectivity index (χ0v) is 25.7. The lowest BCUT2D eigenvalue weighted by Crippen LogP contribution is -2.14. The number of thiazole rings is 2. The van der Waals surface area contributed by atoms with Crippen LogP contribution in [-0.4, -0.2) is 47.3 Å². The fourth-order valence-corrected chi connectivity index (χ4v) is 6.25. The summed E-state index contributed by atoms with van der Waals surface area (Å²) in [7, 11) is 4.62. The lowest BCUT2D eigenvalue weighted by Gasteiger charge is -2.14. The van der Waals surface area contributed by atoms with Gasteiger partial charge >= 0.3 is 0 Å². The third-order valence-electron chi connectivity index (χ3n) is 6.20. The van der Waals surface area contributed by atoms with E-state index in [-0.39, 0.29) is 24.0 Å². The molecule has 0 radical (unpaired) electrons. The minimum atomic E-state index is -0.156. The Hall–Kier alpha value is -4.47. The summed E-state index contributed by atoms with van der Waals surface area (Å²) in [4.78, 5) is 26.1. The Morgan fingerprint density at radius 3 is 2.43 bits per heavy atom. The van der Waals surface area contributed by atoms with Crippen LogP contribution < -0.4 is 30.6 Å². The highest BCUT2D eigenvalue weighted by molar-refractivity contribution is 7.73. The number of amides is 1. The van der Waals surface area contributed by atoms with E-state index in [0.29, 0.717) is 54.0 Å². The first-order valence-electron chi connectivity index (χ1n) is 12.5. The predicted octanol–water partition coefficient (Wildman–Crippen LogP) is 6.13. The zero-order valence-electron chi connectivity index (χ0n) is 23.3. The molecular weight excluding hydrogens is 599 g/mol. The van der Waals surface area contributed by atoms with Gasteiger partial charge < -0.3 is 40.1 Å². The number of methoxy groups -OCH3 is 3. The van der Waals surface area contributed by atoms with Crippen LogP contribution in [0.2, 0.25) is 0 Å². The molecule has 0 aliphatic carbocycles. The number of benzene rings is 2. The number of carbonyl (C=O) groups excluding carboxylic acids is 1. The van der Waals surface area contributed by atoms with Crippen molar-refractivity contribution < 1.29 is 23.5 Å². The van der Waals surface area contributed by atoms with E-state index in [4.69, 9.17) is 36.7 Å². The molecule has 2 aromatic carbocycles. The van der Waals surface area contributed by atoms with Gasteiger partial charge in [0.2, 0.25) is 17.5 Å². The van der Waals surface area contributed by atoms with Crippen molar-refractivity contribution in [3.8, 4) is 39.4 Å². The number of nitrogens with two attached hydrogens (primary N) is 1. The molecule has 0 aliphatic heterocycles. The molecule has 0 aliphatic rings. The molecule has 0 saturated carbocycles. The Morgan fingerprint density at radius 1 is 1.05 bits per heavy atom. The van der Waals surface area contributed by atoms with Crippen molar-refractivity contribution in [2.75, 3.05) is 37.7 Å². The molecular formula is C27H27N7O5S3. The molecule has 5 aromatic rings. The Labute approximate surface area is 253 Å². The van der Waals surface area contributed by atoms with Crippen LogP contribution in [0.4, 0.5) is 22.3 Å². The topological polar surface area (TPSA) is 162 Å². The van der Waals surface area contributed by atoms with Gasteiger partial charge in [0, 0.05) is 39.6 Å². The zero-order chi connectivity index (χ0) is 30.0. The fourth-order valence-electron chi connectivity index (χ4n) is 4.14. The van der Waals surface area contributed by atoms with Crippen LogP contribution in [0, 0.1) is 17.8 Å². The predicted molar refractivity (Wildman–Crippen MR) is 166 cm³/mol. The summed E-state index contributed by atoms with van der Waals surface area (Å²) in [5.41, 5.74) is 9.99. The standard InChI is InChI=1S/C27H27N7O5S3/c1-12-6-7-14(30-20(35)11-19-13(2)29-27(40)41-19)8-16(12)24-33-25(39-34-24)22-23(28)32-26(42-22)31-15-9-17(36-3)21(38-5)18(10-15)37-4/h6-10H,11,28H2,1-5H3,(H,29,40)(H,30,35)(H,31,32). The van der Waals surface area contributed by atoms with Crippen molar-refractivity contribution in [1.29, 1.82) is 0 Å². The number of nitrogens with one attached hydrogen (secondary N) is 3. The lowest BCUT2D eigenvalue weighted by atomic mass is 10.1. The second kappa shape index (κ2) is 12.2. The summed E-state index contributed by atoms with van der Waals surface area (Å²) >= 11 is 7.82. The molecule has 0 bridgehead atoms. The molecule has 1 amide bonds. The number of hydrogen-bond donors (Lipinski definition) is 4. The molecule has 12 nitrogen and oxygen atoms in total. The molecule has 0 saturated heterocycles. The Morgan fingerprint density at radius 2 is 1.79 bits per heavy atom. The van der Waals surface area contributed by atoms with E-state index in [1.54, 1.807) is 32.4 Å². The van der Waals surface area contributed by atoms with Crippen LogP contribution in [0.5, 0.6) is 17.2 Å². The molecule has 0 unspecified atom stereocenters. The van der Waals surface area contributed by atoms with Gasteiger partial charge in [-0.2, -0.15) is 4.98 Å². The first-order valence-corrected chi connectivity index (χ1v) is 14.5. The Bertz CT molecular complexity index is 1800. The number of ether oxygens (including phenoxy) is 3. The van der Waals surface area contributed by atoms with E-state index in [1.165, 1.54) is 29.8 Å². The second-order valence-electron chi connectivity index (χ2n) is 9.01. The fraction of sp³-hybridized carbons (Fsp3) is 0.222. The van der Waals surface area contributed by atoms with E-state index in [0.717, 1.165) is 16.1 Å². The van der Waals surface area contributed by atoms with Crippen molar-refractivity contribution in [1.82, 2.24) is 20.1 Å². The third kappa shape index (κ3) is 6.07. The summed E-state index contributed by atoms with van der Waals surface area (Å²) in [6.45, 7) is 3.82. The molecule has 0 spiro atoms. The van der Waals surface area contributed by atoms with Gasteiger partial charge in [-0.15, -0.1) is 11.3 Å². The van der Waals surface area contributed by atoms with Crippen LogP contribution >= 0.6 is 34.9 Å². The summed E-state index contributed by atoms with van der Waals surface area (Å²) in [5.74, 6) is 2.10.